The molecule has 0 amide bonds. The van der Waals surface area contributed by atoms with Crippen molar-refractivity contribution in [1.29, 1.82) is 0 Å². The van der Waals surface area contributed by atoms with Gasteiger partial charge in [0.05, 0.1) is 12.6 Å². The number of guanidine groups is 1. The molecule has 0 aromatic heterocycles. The quantitative estimate of drug-likeness (QED) is 0.893. The van der Waals surface area contributed by atoms with Crippen LogP contribution in [0.15, 0.2) is 47.5 Å². The van der Waals surface area contributed by atoms with E-state index in [1.807, 2.05) is 0 Å². The average molecular weight is 289 g/mol. The summed E-state index contributed by atoms with van der Waals surface area (Å²) in [5, 5.41) is 9.27. The molecule has 0 aliphatic carbocycles. The van der Waals surface area contributed by atoms with Crippen molar-refractivity contribution in [1.82, 2.24) is 0 Å². The fraction of sp³-hybridized carbons (Fsp3) is 0.133. The van der Waals surface area contributed by atoms with Gasteiger partial charge in [0.25, 0.3) is 0 Å². The summed E-state index contributed by atoms with van der Waals surface area (Å²) in [7, 11) is 0. The number of nitrogens with two attached hydrogens (primary N) is 1. The van der Waals surface area contributed by atoms with E-state index in [0.29, 0.717) is 17.8 Å². The molecule has 4 nitrogen and oxygen atoms in total. The SMILES string of the molecule is NC1=NCC(c2ccc(O)c(F)c2)N1c1cccc(F)c1. The average Bonchev–Trinajstić information content (AvgIpc) is 2.84. The standard InChI is InChI=1S/C15H13F2N3O/c16-10-2-1-3-11(7-10)20-13(8-19-15(20)18)9-4-5-14(21)12(17)6-9/h1-7,13,21H,8H2,(H2,18,19). The molecule has 21 heavy (non-hydrogen) atoms. The maximum atomic E-state index is 13.5. The Labute approximate surface area is 120 Å². The van der Waals surface area contributed by atoms with Crippen LogP contribution in [0.1, 0.15) is 11.6 Å². The van der Waals surface area contributed by atoms with Crippen LogP contribution < -0.4 is 10.6 Å². The lowest BCUT2D eigenvalue weighted by Gasteiger charge is -2.26. The predicted molar refractivity (Wildman–Crippen MR) is 76.2 cm³/mol. The maximum Gasteiger partial charge on any atom is 0.196 e. The second-order valence-corrected chi connectivity index (χ2v) is 4.78. The minimum Gasteiger partial charge on any atom is -0.505 e. The first-order valence-electron chi connectivity index (χ1n) is 6.39. The summed E-state index contributed by atoms with van der Waals surface area (Å²) in [4.78, 5) is 5.79. The molecule has 0 bridgehead atoms. The minimum atomic E-state index is -0.711. The maximum absolute atomic E-state index is 13.5. The van der Waals surface area contributed by atoms with Gasteiger partial charge in [0.1, 0.15) is 5.82 Å². The minimum absolute atomic E-state index is 0.249. The first kappa shape index (κ1) is 13.4. The molecular formula is C15H13F2N3O. The van der Waals surface area contributed by atoms with Crippen molar-refractivity contribution in [3.63, 3.8) is 0 Å². The zero-order valence-corrected chi connectivity index (χ0v) is 11.0. The molecule has 0 spiro atoms. The Hall–Kier alpha value is -2.63. The second kappa shape index (κ2) is 5.05. The number of benzene rings is 2. The Kier molecular flexibility index (Phi) is 3.21. The normalized spacial score (nSPS) is 17.9. The highest BCUT2D eigenvalue weighted by molar-refractivity contribution is 5.97. The van der Waals surface area contributed by atoms with Crippen LogP contribution >= 0.6 is 0 Å². The largest absolute Gasteiger partial charge is 0.505 e. The first-order chi connectivity index (χ1) is 10.1. The van der Waals surface area contributed by atoms with E-state index in [0.717, 1.165) is 0 Å². The van der Waals surface area contributed by atoms with Crippen LogP contribution in [-0.4, -0.2) is 17.6 Å². The molecule has 6 heteroatoms. The molecule has 1 aliphatic rings. The van der Waals surface area contributed by atoms with Crippen molar-refractivity contribution in [2.45, 2.75) is 6.04 Å². The second-order valence-electron chi connectivity index (χ2n) is 4.78. The predicted octanol–water partition coefficient (Wildman–Crippen LogP) is 2.55. The van der Waals surface area contributed by atoms with Gasteiger partial charge in [0, 0.05) is 5.69 Å². The van der Waals surface area contributed by atoms with Gasteiger partial charge in [-0.25, -0.2) is 8.78 Å². The van der Waals surface area contributed by atoms with Gasteiger partial charge in [-0.3, -0.25) is 4.99 Å². The van der Waals surface area contributed by atoms with Gasteiger partial charge in [-0.1, -0.05) is 12.1 Å². The molecule has 1 aliphatic heterocycles. The third kappa shape index (κ3) is 2.40. The number of phenols is 1. The third-order valence-electron chi connectivity index (χ3n) is 3.43. The van der Waals surface area contributed by atoms with Gasteiger partial charge in [-0.05, 0) is 35.9 Å². The number of hydrogen-bond acceptors (Lipinski definition) is 4. The highest BCUT2D eigenvalue weighted by Crippen LogP contribution is 2.32. The van der Waals surface area contributed by atoms with E-state index >= 15 is 0 Å². The molecule has 1 unspecified atom stereocenters. The fourth-order valence-corrected chi connectivity index (χ4v) is 2.42. The Bertz CT molecular complexity index is 718. The van der Waals surface area contributed by atoms with Crippen LogP contribution in [0.25, 0.3) is 0 Å². The molecule has 3 rings (SSSR count). The smallest absolute Gasteiger partial charge is 0.196 e. The van der Waals surface area contributed by atoms with Crippen LogP contribution in [0.3, 0.4) is 0 Å². The van der Waals surface area contributed by atoms with Crippen molar-refractivity contribution in [3.8, 4) is 5.75 Å². The summed E-state index contributed by atoms with van der Waals surface area (Å²) in [6.07, 6.45) is 0. The molecule has 0 saturated carbocycles. The third-order valence-corrected chi connectivity index (χ3v) is 3.43. The Morgan fingerprint density at radius 3 is 2.71 bits per heavy atom. The van der Waals surface area contributed by atoms with Crippen molar-refractivity contribution >= 4 is 11.6 Å². The molecule has 0 fully saturated rings. The zero-order chi connectivity index (χ0) is 15.0. The molecule has 2 aromatic rings. The Morgan fingerprint density at radius 1 is 1.19 bits per heavy atom. The summed E-state index contributed by atoms with van der Waals surface area (Å²) in [5.41, 5.74) is 7.03. The first-order valence-corrected chi connectivity index (χ1v) is 6.39. The Balaban J connectivity index is 2.00. The van der Waals surface area contributed by atoms with Gasteiger partial charge in [-0.15, -0.1) is 0 Å². The van der Waals surface area contributed by atoms with Crippen LogP contribution in [0.2, 0.25) is 0 Å². The van der Waals surface area contributed by atoms with E-state index in [4.69, 9.17) is 5.73 Å². The fourth-order valence-electron chi connectivity index (χ4n) is 2.42. The molecule has 108 valence electrons. The molecule has 0 saturated heterocycles. The topological polar surface area (TPSA) is 61.9 Å². The molecule has 0 radical (unpaired) electrons. The van der Waals surface area contributed by atoms with Gasteiger partial charge < -0.3 is 15.7 Å². The molecule has 1 atom stereocenters. The number of hydrogen-bond donors (Lipinski definition) is 2. The van der Waals surface area contributed by atoms with Gasteiger partial charge in [0.2, 0.25) is 0 Å². The number of aromatic hydroxyl groups is 1. The van der Waals surface area contributed by atoms with E-state index < -0.39 is 11.6 Å². The lowest BCUT2D eigenvalue weighted by molar-refractivity contribution is 0.431. The van der Waals surface area contributed by atoms with Crippen molar-refractivity contribution < 1.29 is 13.9 Å². The molecule has 3 N–H and O–H groups in total. The van der Waals surface area contributed by atoms with Crippen LogP contribution in [0.5, 0.6) is 5.75 Å². The van der Waals surface area contributed by atoms with Crippen LogP contribution in [0.4, 0.5) is 14.5 Å². The number of nitrogens with zero attached hydrogens (tertiary/aromatic N) is 2. The summed E-state index contributed by atoms with van der Waals surface area (Å²) in [5.74, 6) is -1.26. The van der Waals surface area contributed by atoms with E-state index in [-0.39, 0.29) is 17.8 Å². The van der Waals surface area contributed by atoms with Gasteiger partial charge >= 0.3 is 0 Å². The lowest BCUT2D eigenvalue weighted by Crippen LogP contribution is -2.36. The van der Waals surface area contributed by atoms with E-state index in [1.54, 1.807) is 23.1 Å². The molecular weight excluding hydrogens is 276 g/mol. The highest BCUT2D eigenvalue weighted by Gasteiger charge is 2.29. The van der Waals surface area contributed by atoms with Gasteiger partial charge in [-0.2, -0.15) is 0 Å². The van der Waals surface area contributed by atoms with Crippen molar-refractivity contribution in [3.05, 3.63) is 59.7 Å². The van der Waals surface area contributed by atoms with Crippen LogP contribution in [-0.2, 0) is 0 Å². The molecule has 1 heterocycles. The van der Waals surface area contributed by atoms with E-state index in [1.165, 1.54) is 24.3 Å². The van der Waals surface area contributed by atoms with Crippen molar-refractivity contribution in [2.75, 3.05) is 11.4 Å². The van der Waals surface area contributed by atoms with E-state index in [2.05, 4.69) is 4.99 Å². The number of phenolic OH excluding ortho intramolecular Hbond substituents is 1. The number of halogens is 2. The van der Waals surface area contributed by atoms with Gasteiger partial charge in [0.15, 0.2) is 17.5 Å². The highest BCUT2D eigenvalue weighted by atomic mass is 19.1. The lowest BCUT2D eigenvalue weighted by atomic mass is 10.1. The molecule has 2 aromatic carbocycles. The summed E-state index contributed by atoms with van der Waals surface area (Å²) in [6.45, 7) is 0.340. The summed E-state index contributed by atoms with van der Waals surface area (Å²) >= 11 is 0. The summed E-state index contributed by atoms with van der Waals surface area (Å²) < 4.78 is 26.9. The Morgan fingerprint density at radius 2 is 2.00 bits per heavy atom. The summed E-state index contributed by atoms with van der Waals surface area (Å²) in [6, 6.07) is 9.75. The number of anilines is 1. The monoisotopic (exact) mass is 289 g/mol. The zero-order valence-electron chi connectivity index (χ0n) is 11.0. The number of rotatable bonds is 2. The van der Waals surface area contributed by atoms with Crippen LogP contribution in [0, 0.1) is 11.6 Å². The number of aliphatic imine (C=N–C) groups is 1. The van der Waals surface area contributed by atoms with Crippen molar-refractivity contribution in [2.24, 2.45) is 10.7 Å². The van der Waals surface area contributed by atoms with E-state index in [9.17, 15) is 13.9 Å².